The summed E-state index contributed by atoms with van der Waals surface area (Å²) in [7, 11) is 0. The van der Waals surface area contributed by atoms with E-state index in [-0.39, 0.29) is 5.56 Å². The molecule has 0 unspecified atom stereocenters. The summed E-state index contributed by atoms with van der Waals surface area (Å²) in [5.74, 6) is 2.60. The third-order valence-corrected chi connectivity index (χ3v) is 4.47. The molecule has 110 valence electrons. The largest absolute Gasteiger partial charge is 0.310 e. The summed E-state index contributed by atoms with van der Waals surface area (Å²) in [6, 6.07) is 0.542. The molecule has 21 heavy (non-hydrogen) atoms. The summed E-state index contributed by atoms with van der Waals surface area (Å²) >= 11 is 0. The maximum Gasteiger partial charge on any atom is 0.256 e. The zero-order valence-electron chi connectivity index (χ0n) is 12.4. The fourth-order valence-electron chi connectivity index (χ4n) is 2.74. The molecule has 2 aromatic heterocycles. The maximum atomic E-state index is 12.3. The van der Waals surface area contributed by atoms with Crippen LogP contribution < -0.4 is 5.56 Å². The van der Waals surface area contributed by atoms with E-state index < -0.39 is 0 Å². The van der Waals surface area contributed by atoms with E-state index in [0.717, 1.165) is 17.3 Å². The zero-order valence-corrected chi connectivity index (χ0v) is 12.4. The monoisotopic (exact) mass is 285 g/mol. The summed E-state index contributed by atoms with van der Waals surface area (Å²) in [5, 5.41) is 8.73. The van der Waals surface area contributed by atoms with Crippen molar-refractivity contribution >= 4 is 0 Å². The Morgan fingerprint density at radius 2 is 1.95 bits per heavy atom. The van der Waals surface area contributed by atoms with Gasteiger partial charge in [0.2, 0.25) is 0 Å². The first kappa shape index (κ1) is 12.7. The predicted octanol–water partition coefficient (Wildman–Crippen LogP) is 1.71. The van der Waals surface area contributed by atoms with E-state index in [2.05, 4.69) is 19.7 Å². The molecule has 6 nitrogen and oxygen atoms in total. The Morgan fingerprint density at radius 3 is 2.62 bits per heavy atom. The molecule has 2 fully saturated rings. The van der Waals surface area contributed by atoms with Gasteiger partial charge in [0.1, 0.15) is 5.82 Å². The molecule has 0 aliphatic heterocycles. The molecule has 0 N–H and O–H groups in total. The van der Waals surface area contributed by atoms with Gasteiger partial charge >= 0.3 is 0 Å². The molecule has 0 aromatic carbocycles. The summed E-state index contributed by atoms with van der Waals surface area (Å²) in [5.41, 5.74) is 1.51. The average molecular weight is 285 g/mol. The van der Waals surface area contributed by atoms with Gasteiger partial charge < -0.3 is 4.57 Å². The van der Waals surface area contributed by atoms with Crippen molar-refractivity contribution in [3.05, 3.63) is 39.6 Å². The second kappa shape index (κ2) is 4.51. The Morgan fingerprint density at radius 1 is 1.19 bits per heavy atom. The van der Waals surface area contributed by atoms with Crippen molar-refractivity contribution in [3.63, 3.8) is 0 Å². The molecular formula is C15H19N5O. The molecule has 4 rings (SSSR count). The first-order valence-corrected chi connectivity index (χ1v) is 7.61. The predicted molar refractivity (Wildman–Crippen MR) is 77.3 cm³/mol. The lowest BCUT2D eigenvalue weighted by Crippen LogP contribution is -2.25. The van der Waals surface area contributed by atoms with Gasteiger partial charge in [-0.2, -0.15) is 0 Å². The third-order valence-electron chi connectivity index (χ3n) is 4.47. The highest BCUT2D eigenvalue weighted by Crippen LogP contribution is 2.44. The topological polar surface area (TPSA) is 65.6 Å². The Labute approximate surface area is 122 Å². The Bertz CT molecular complexity index is 752. The van der Waals surface area contributed by atoms with Crippen molar-refractivity contribution in [2.45, 2.75) is 58.0 Å². The fraction of sp³-hybridized carbons (Fsp3) is 0.600. The van der Waals surface area contributed by atoms with Gasteiger partial charge in [0.15, 0.2) is 5.82 Å². The fourth-order valence-corrected chi connectivity index (χ4v) is 2.74. The number of aryl methyl sites for hydroxylation is 1. The Balaban J connectivity index is 1.72. The van der Waals surface area contributed by atoms with E-state index in [1.165, 1.54) is 25.7 Å². The summed E-state index contributed by atoms with van der Waals surface area (Å²) in [4.78, 5) is 16.6. The second-order valence-electron chi connectivity index (χ2n) is 6.24. The molecular weight excluding hydrogens is 266 g/mol. The first-order valence-electron chi connectivity index (χ1n) is 7.61. The van der Waals surface area contributed by atoms with E-state index in [9.17, 15) is 4.79 Å². The summed E-state index contributed by atoms with van der Waals surface area (Å²) in [6.45, 7) is 4.14. The minimum Gasteiger partial charge on any atom is -0.310 e. The quantitative estimate of drug-likeness (QED) is 0.858. The summed E-state index contributed by atoms with van der Waals surface area (Å²) < 4.78 is 3.92. The maximum absolute atomic E-state index is 12.3. The van der Waals surface area contributed by atoms with E-state index in [4.69, 9.17) is 0 Å². The number of nitrogens with zero attached hydrogens (tertiary/aromatic N) is 5. The van der Waals surface area contributed by atoms with Crippen LogP contribution in [0.3, 0.4) is 0 Å². The van der Waals surface area contributed by atoms with Gasteiger partial charge in [0.05, 0.1) is 12.9 Å². The standard InChI is InChI=1S/C15H19N5O/c1-9-10(2)16-8-19(15(9)21)7-13-17-18-14(11-3-4-11)20(13)12-5-6-12/h8,11-12H,3-7H2,1-2H3. The van der Waals surface area contributed by atoms with E-state index in [1.54, 1.807) is 10.9 Å². The number of hydrogen-bond acceptors (Lipinski definition) is 4. The highest BCUT2D eigenvalue weighted by atomic mass is 16.1. The minimum atomic E-state index is 0.0146. The van der Waals surface area contributed by atoms with Crippen molar-refractivity contribution in [1.82, 2.24) is 24.3 Å². The molecule has 0 amide bonds. The van der Waals surface area contributed by atoms with Crippen LogP contribution in [0.4, 0.5) is 0 Å². The lowest BCUT2D eigenvalue weighted by atomic mass is 10.3. The lowest BCUT2D eigenvalue weighted by Gasteiger charge is -2.10. The molecule has 6 heteroatoms. The van der Waals surface area contributed by atoms with E-state index in [1.807, 2.05) is 13.8 Å². The molecule has 0 spiro atoms. The number of hydrogen-bond donors (Lipinski definition) is 0. The molecule has 2 saturated carbocycles. The average Bonchev–Trinajstić information content (AvgIpc) is 3.38. The SMILES string of the molecule is Cc1ncn(Cc2nnc(C3CC3)n2C2CC2)c(=O)c1C. The Kier molecular flexibility index (Phi) is 2.74. The van der Waals surface area contributed by atoms with Crippen LogP contribution in [0.15, 0.2) is 11.1 Å². The molecule has 0 atom stereocenters. The van der Waals surface area contributed by atoms with Crippen LogP contribution in [0.1, 0.15) is 60.5 Å². The van der Waals surface area contributed by atoms with E-state index in [0.29, 0.717) is 24.1 Å². The van der Waals surface area contributed by atoms with Crippen molar-refractivity contribution < 1.29 is 0 Å². The zero-order chi connectivity index (χ0) is 14.6. The van der Waals surface area contributed by atoms with Gasteiger partial charge in [0.25, 0.3) is 5.56 Å². The molecule has 0 bridgehead atoms. The smallest absolute Gasteiger partial charge is 0.256 e. The van der Waals surface area contributed by atoms with Gasteiger partial charge in [0, 0.05) is 23.2 Å². The molecule has 2 aliphatic carbocycles. The molecule has 0 saturated heterocycles. The van der Waals surface area contributed by atoms with Gasteiger partial charge in [-0.3, -0.25) is 9.36 Å². The van der Waals surface area contributed by atoms with Crippen LogP contribution in [0, 0.1) is 13.8 Å². The van der Waals surface area contributed by atoms with Crippen LogP contribution in [0.25, 0.3) is 0 Å². The molecule has 0 radical (unpaired) electrons. The van der Waals surface area contributed by atoms with Crippen molar-refractivity contribution in [2.24, 2.45) is 0 Å². The van der Waals surface area contributed by atoms with E-state index >= 15 is 0 Å². The lowest BCUT2D eigenvalue weighted by molar-refractivity contribution is 0.601. The highest BCUT2D eigenvalue weighted by molar-refractivity contribution is 5.15. The first-order chi connectivity index (χ1) is 10.1. The van der Waals surface area contributed by atoms with Crippen molar-refractivity contribution in [1.29, 1.82) is 0 Å². The van der Waals surface area contributed by atoms with Crippen LogP contribution in [-0.4, -0.2) is 24.3 Å². The van der Waals surface area contributed by atoms with Crippen molar-refractivity contribution in [2.75, 3.05) is 0 Å². The molecule has 2 aromatic rings. The van der Waals surface area contributed by atoms with Gasteiger partial charge in [-0.05, 0) is 39.5 Å². The third kappa shape index (κ3) is 2.18. The van der Waals surface area contributed by atoms with Crippen LogP contribution in [-0.2, 0) is 6.54 Å². The molecule has 2 heterocycles. The number of rotatable bonds is 4. The minimum absolute atomic E-state index is 0.0146. The Hall–Kier alpha value is -1.98. The normalized spacial score (nSPS) is 18.2. The van der Waals surface area contributed by atoms with Gasteiger partial charge in [-0.25, -0.2) is 4.98 Å². The van der Waals surface area contributed by atoms with Gasteiger partial charge in [-0.15, -0.1) is 10.2 Å². The highest BCUT2D eigenvalue weighted by Gasteiger charge is 2.36. The summed E-state index contributed by atoms with van der Waals surface area (Å²) in [6.07, 6.45) is 6.45. The van der Waals surface area contributed by atoms with Crippen LogP contribution >= 0.6 is 0 Å². The van der Waals surface area contributed by atoms with Gasteiger partial charge in [-0.1, -0.05) is 0 Å². The van der Waals surface area contributed by atoms with Crippen molar-refractivity contribution in [3.8, 4) is 0 Å². The van der Waals surface area contributed by atoms with Crippen LogP contribution in [0.5, 0.6) is 0 Å². The second-order valence-corrected chi connectivity index (χ2v) is 6.24. The van der Waals surface area contributed by atoms with Crippen LogP contribution in [0.2, 0.25) is 0 Å². The molecule has 2 aliphatic rings. The number of aromatic nitrogens is 5.